The van der Waals surface area contributed by atoms with Gasteiger partial charge in [-0.2, -0.15) is 4.98 Å². The lowest BCUT2D eigenvalue weighted by atomic mass is 9.82. The van der Waals surface area contributed by atoms with Crippen molar-refractivity contribution in [3.05, 3.63) is 33.5 Å². The van der Waals surface area contributed by atoms with Crippen LogP contribution < -0.4 is 5.73 Å². The van der Waals surface area contributed by atoms with E-state index in [0.717, 1.165) is 35.7 Å². The molecule has 1 fully saturated rings. The molecule has 1 aromatic heterocycles. The normalized spacial score (nSPS) is 18.1. The molecule has 0 spiro atoms. The monoisotopic (exact) mass is 355 g/mol. The van der Waals surface area contributed by atoms with Gasteiger partial charge < -0.3 is 10.3 Å². The molecule has 0 atom stereocenters. The Morgan fingerprint density at radius 3 is 2.75 bits per heavy atom. The minimum absolute atomic E-state index is 0.449. The second kappa shape index (κ2) is 5.47. The molecule has 0 radical (unpaired) electrons. The van der Waals surface area contributed by atoms with Gasteiger partial charge in [0.25, 0.3) is 5.89 Å². The maximum absolute atomic E-state index is 6.42. The zero-order chi connectivity index (χ0) is 14.2. The predicted molar refractivity (Wildman–Crippen MR) is 81.4 cm³/mol. The van der Waals surface area contributed by atoms with Crippen LogP contribution in [0.25, 0.3) is 11.5 Å². The average Bonchev–Trinajstić information content (AvgIpc) is 2.93. The maximum Gasteiger partial charge on any atom is 0.259 e. The van der Waals surface area contributed by atoms with Crippen LogP contribution in [0.2, 0.25) is 5.02 Å². The summed E-state index contributed by atoms with van der Waals surface area (Å²) >= 11 is 9.48. The average molecular weight is 357 g/mol. The van der Waals surface area contributed by atoms with Gasteiger partial charge in [0.15, 0.2) is 5.82 Å². The zero-order valence-corrected chi connectivity index (χ0v) is 13.2. The van der Waals surface area contributed by atoms with Crippen molar-refractivity contribution in [2.24, 2.45) is 5.73 Å². The second-order valence-electron chi connectivity index (χ2n) is 5.26. The third-order valence-corrected chi connectivity index (χ3v) is 4.70. The van der Waals surface area contributed by atoms with Gasteiger partial charge in [0.2, 0.25) is 0 Å². The van der Waals surface area contributed by atoms with Crippen LogP contribution in [0.4, 0.5) is 0 Å². The van der Waals surface area contributed by atoms with Crippen molar-refractivity contribution >= 4 is 27.5 Å². The van der Waals surface area contributed by atoms with Gasteiger partial charge in [-0.3, -0.25) is 0 Å². The number of nitrogens with two attached hydrogens (primary N) is 1. The molecule has 6 heteroatoms. The fraction of sp³-hybridized carbons (Fsp3) is 0.429. The fourth-order valence-electron chi connectivity index (χ4n) is 2.60. The maximum atomic E-state index is 6.42. The summed E-state index contributed by atoms with van der Waals surface area (Å²) in [6, 6.07) is 5.46. The summed E-state index contributed by atoms with van der Waals surface area (Å²) in [5.74, 6) is 1.05. The SMILES string of the molecule is NC1(c2noc(-c3cc(Cl)ccc3Br)n2)CCCCC1. The first-order valence-corrected chi connectivity index (χ1v) is 7.84. The van der Waals surface area contributed by atoms with Gasteiger partial charge in [0, 0.05) is 9.50 Å². The lowest BCUT2D eigenvalue weighted by Gasteiger charge is -2.29. The molecule has 2 N–H and O–H groups in total. The number of nitrogens with zero attached hydrogens (tertiary/aromatic N) is 2. The largest absolute Gasteiger partial charge is 0.334 e. The highest BCUT2D eigenvalue weighted by molar-refractivity contribution is 9.10. The van der Waals surface area contributed by atoms with Gasteiger partial charge >= 0.3 is 0 Å². The molecule has 1 saturated carbocycles. The summed E-state index contributed by atoms with van der Waals surface area (Å²) in [5, 5.41) is 4.71. The van der Waals surface area contributed by atoms with E-state index in [9.17, 15) is 0 Å². The Kier molecular flexibility index (Phi) is 3.84. The topological polar surface area (TPSA) is 64.9 Å². The van der Waals surface area contributed by atoms with Crippen molar-refractivity contribution in [2.45, 2.75) is 37.6 Å². The van der Waals surface area contributed by atoms with Crippen LogP contribution in [0.3, 0.4) is 0 Å². The van der Waals surface area contributed by atoms with Gasteiger partial charge in [-0.25, -0.2) is 0 Å². The van der Waals surface area contributed by atoms with Crippen LogP contribution in [0.1, 0.15) is 37.9 Å². The fourth-order valence-corrected chi connectivity index (χ4v) is 3.19. The molecule has 3 rings (SSSR count). The van der Waals surface area contributed by atoms with E-state index in [1.807, 2.05) is 6.07 Å². The predicted octanol–water partition coefficient (Wildman–Crippen LogP) is 4.27. The van der Waals surface area contributed by atoms with E-state index in [4.69, 9.17) is 21.9 Å². The van der Waals surface area contributed by atoms with Crippen LogP contribution in [0, 0.1) is 0 Å². The van der Waals surface area contributed by atoms with E-state index in [1.165, 1.54) is 6.42 Å². The standard InChI is InChI=1S/C14H15BrClN3O/c15-11-5-4-9(16)8-10(11)12-18-13(19-20-12)14(17)6-2-1-3-7-14/h4-5,8H,1-3,6-7,17H2. The summed E-state index contributed by atoms with van der Waals surface area (Å²) in [6.45, 7) is 0. The first-order chi connectivity index (χ1) is 9.58. The quantitative estimate of drug-likeness (QED) is 0.872. The molecule has 0 unspecified atom stereocenters. The van der Waals surface area contributed by atoms with E-state index in [-0.39, 0.29) is 0 Å². The van der Waals surface area contributed by atoms with Crippen molar-refractivity contribution in [1.29, 1.82) is 0 Å². The van der Waals surface area contributed by atoms with E-state index in [1.54, 1.807) is 12.1 Å². The van der Waals surface area contributed by atoms with Crippen molar-refractivity contribution in [2.75, 3.05) is 0 Å². The Morgan fingerprint density at radius 2 is 2.00 bits per heavy atom. The molecule has 20 heavy (non-hydrogen) atoms. The van der Waals surface area contributed by atoms with E-state index in [2.05, 4.69) is 26.1 Å². The molecular formula is C14H15BrClN3O. The van der Waals surface area contributed by atoms with Gasteiger partial charge in [0.1, 0.15) is 0 Å². The first kappa shape index (κ1) is 14.0. The van der Waals surface area contributed by atoms with Gasteiger partial charge in [-0.15, -0.1) is 0 Å². The van der Waals surface area contributed by atoms with Gasteiger partial charge in [0.05, 0.1) is 11.1 Å². The van der Waals surface area contributed by atoms with E-state index in [0.29, 0.717) is 16.7 Å². The highest BCUT2D eigenvalue weighted by atomic mass is 79.9. The molecule has 4 nitrogen and oxygen atoms in total. The first-order valence-electron chi connectivity index (χ1n) is 6.67. The van der Waals surface area contributed by atoms with Crippen LogP contribution >= 0.6 is 27.5 Å². The third-order valence-electron chi connectivity index (χ3n) is 3.78. The van der Waals surface area contributed by atoms with Crippen LogP contribution in [0.5, 0.6) is 0 Å². The summed E-state index contributed by atoms with van der Waals surface area (Å²) in [6.07, 6.45) is 5.26. The minimum atomic E-state index is -0.453. The number of benzene rings is 1. The lowest BCUT2D eigenvalue weighted by Crippen LogP contribution is -2.39. The Balaban J connectivity index is 1.95. The Bertz CT molecular complexity index is 623. The summed E-state index contributed by atoms with van der Waals surface area (Å²) in [5.41, 5.74) is 6.75. The Hall–Kier alpha value is -0.910. The van der Waals surface area contributed by atoms with Crippen molar-refractivity contribution < 1.29 is 4.52 Å². The molecule has 1 aliphatic rings. The number of rotatable bonds is 2. The zero-order valence-electron chi connectivity index (χ0n) is 10.9. The van der Waals surface area contributed by atoms with E-state index < -0.39 is 5.54 Å². The number of halogens is 2. The molecular weight excluding hydrogens is 342 g/mol. The molecule has 106 valence electrons. The molecule has 0 amide bonds. The highest BCUT2D eigenvalue weighted by Gasteiger charge is 2.34. The van der Waals surface area contributed by atoms with Crippen molar-refractivity contribution in [1.82, 2.24) is 10.1 Å². The molecule has 2 aromatic rings. The van der Waals surface area contributed by atoms with E-state index >= 15 is 0 Å². The molecule has 0 bridgehead atoms. The molecule has 0 aliphatic heterocycles. The number of hydrogen-bond acceptors (Lipinski definition) is 4. The van der Waals surface area contributed by atoms with Gasteiger partial charge in [-0.05, 0) is 47.0 Å². The molecule has 1 heterocycles. The smallest absolute Gasteiger partial charge is 0.259 e. The minimum Gasteiger partial charge on any atom is -0.334 e. The third kappa shape index (κ3) is 2.62. The summed E-state index contributed by atoms with van der Waals surface area (Å²) in [4.78, 5) is 4.49. The van der Waals surface area contributed by atoms with Crippen molar-refractivity contribution in [3.8, 4) is 11.5 Å². The Morgan fingerprint density at radius 1 is 1.25 bits per heavy atom. The van der Waals surface area contributed by atoms with Crippen molar-refractivity contribution in [3.63, 3.8) is 0 Å². The van der Waals surface area contributed by atoms with Crippen LogP contribution in [-0.4, -0.2) is 10.1 Å². The Labute approximate surface area is 130 Å². The van der Waals surface area contributed by atoms with Crippen LogP contribution in [0.15, 0.2) is 27.2 Å². The molecule has 1 aliphatic carbocycles. The van der Waals surface area contributed by atoms with Gasteiger partial charge in [-0.1, -0.05) is 36.0 Å². The number of aromatic nitrogens is 2. The molecule has 0 saturated heterocycles. The molecule has 1 aromatic carbocycles. The summed E-state index contributed by atoms with van der Waals surface area (Å²) in [7, 11) is 0. The highest BCUT2D eigenvalue weighted by Crippen LogP contribution is 2.35. The lowest BCUT2D eigenvalue weighted by molar-refractivity contribution is 0.275. The van der Waals surface area contributed by atoms with Crippen LogP contribution in [-0.2, 0) is 5.54 Å². The number of hydrogen-bond donors (Lipinski definition) is 1. The second-order valence-corrected chi connectivity index (χ2v) is 6.55. The summed E-state index contributed by atoms with van der Waals surface area (Å²) < 4.78 is 6.24.